The highest BCUT2D eigenvalue weighted by atomic mass is 16.5. The fourth-order valence-electron chi connectivity index (χ4n) is 3.52. The molecule has 0 spiro atoms. The van der Waals surface area contributed by atoms with Gasteiger partial charge in [0, 0.05) is 13.0 Å². The largest absolute Gasteiger partial charge is 0.493 e. The molecule has 1 atom stereocenters. The van der Waals surface area contributed by atoms with E-state index in [0.717, 1.165) is 30.7 Å². The lowest BCUT2D eigenvalue weighted by atomic mass is 9.92. The van der Waals surface area contributed by atoms with E-state index in [-0.39, 0.29) is 11.9 Å². The van der Waals surface area contributed by atoms with Crippen molar-refractivity contribution in [2.75, 3.05) is 20.8 Å². The molecule has 0 N–H and O–H groups in total. The summed E-state index contributed by atoms with van der Waals surface area (Å²) in [4.78, 5) is 14.7. The van der Waals surface area contributed by atoms with E-state index in [4.69, 9.17) is 9.47 Å². The van der Waals surface area contributed by atoms with E-state index in [0.29, 0.717) is 12.2 Å². The average molecular weight is 339 g/mol. The van der Waals surface area contributed by atoms with Crippen molar-refractivity contribution in [1.82, 2.24) is 4.90 Å². The molecule has 25 heavy (non-hydrogen) atoms. The molecule has 4 nitrogen and oxygen atoms in total. The van der Waals surface area contributed by atoms with Crippen LogP contribution >= 0.6 is 0 Å². The zero-order valence-electron chi connectivity index (χ0n) is 15.1. The molecule has 0 radical (unpaired) electrons. The number of hydrogen-bond donors (Lipinski definition) is 0. The minimum absolute atomic E-state index is 0.0480. The summed E-state index contributed by atoms with van der Waals surface area (Å²) in [5.74, 6) is 1.67. The summed E-state index contributed by atoms with van der Waals surface area (Å²) in [6.45, 7) is 2.83. The third-order valence-electron chi connectivity index (χ3n) is 4.98. The molecule has 0 aromatic heterocycles. The molecule has 1 heterocycles. The second-order valence-electron chi connectivity index (χ2n) is 6.40. The van der Waals surface area contributed by atoms with Crippen LogP contribution in [0.2, 0.25) is 0 Å². The van der Waals surface area contributed by atoms with Gasteiger partial charge >= 0.3 is 0 Å². The van der Waals surface area contributed by atoms with E-state index >= 15 is 0 Å². The van der Waals surface area contributed by atoms with Crippen molar-refractivity contribution in [1.29, 1.82) is 0 Å². The summed E-state index contributed by atoms with van der Waals surface area (Å²) in [6, 6.07) is 14.3. The average Bonchev–Trinajstić information content (AvgIpc) is 2.66. The van der Waals surface area contributed by atoms with Crippen molar-refractivity contribution < 1.29 is 14.3 Å². The maximum absolute atomic E-state index is 12.7. The summed E-state index contributed by atoms with van der Waals surface area (Å²) >= 11 is 0. The van der Waals surface area contributed by atoms with E-state index in [2.05, 4.69) is 19.1 Å². The molecule has 2 aromatic rings. The van der Waals surface area contributed by atoms with E-state index < -0.39 is 0 Å². The standard InChI is InChI=1S/C21H25NO3/c1-15-18-14-20(25-3)19(24-2)13-17(18)11-12-22(15)21(23)10-9-16-7-5-4-6-8-16/h4-8,13-15H,9-12H2,1-3H3. The number of fused-ring (bicyclic) bond motifs is 1. The molecule has 0 fully saturated rings. The first-order valence-electron chi connectivity index (χ1n) is 8.72. The molecular weight excluding hydrogens is 314 g/mol. The van der Waals surface area contributed by atoms with Crippen molar-refractivity contribution in [3.8, 4) is 11.5 Å². The maximum atomic E-state index is 12.7. The minimum atomic E-state index is 0.0480. The Bertz CT molecular complexity index is 742. The van der Waals surface area contributed by atoms with Gasteiger partial charge < -0.3 is 14.4 Å². The lowest BCUT2D eigenvalue weighted by Crippen LogP contribution is -2.39. The molecule has 1 amide bonds. The van der Waals surface area contributed by atoms with Crippen molar-refractivity contribution >= 4 is 5.91 Å². The number of rotatable bonds is 5. The van der Waals surface area contributed by atoms with Crippen LogP contribution in [0.1, 0.15) is 36.1 Å². The second-order valence-corrected chi connectivity index (χ2v) is 6.40. The number of carbonyl (C=O) groups excluding carboxylic acids is 1. The molecule has 0 aliphatic carbocycles. The molecular formula is C21H25NO3. The van der Waals surface area contributed by atoms with Crippen LogP contribution in [0.5, 0.6) is 11.5 Å². The van der Waals surface area contributed by atoms with Gasteiger partial charge in [0.25, 0.3) is 0 Å². The number of methoxy groups -OCH3 is 2. The van der Waals surface area contributed by atoms with Gasteiger partial charge in [-0.15, -0.1) is 0 Å². The summed E-state index contributed by atoms with van der Waals surface area (Å²) in [6.07, 6.45) is 2.16. The van der Waals surface area contributed by atoms with Gasteiger partial charge in [-0.25, -0.2) is 0 Å². The molecule has 1 aliphatic rings. The first-order valence-corrected chi connectivity index (χ1v) is 8.72. The molecule has 0 saturated carbocycles. The van der Waals surface area contributed by atoms with Crippen LogP contribution < -0.4 is 9.47 Å². The van der Waals surface area contributed by atoms with E-state index in [1.807, 2.05) is 35.2 Å². The number of hydrogen-bond acceptors (Lipinski definition) is 3. The van der Waals surface area contributed by atoms with Crippen LogP contribution in [0.25, 0.3) is 0 Å². The third-order valence-corrected chi connectivity index (χ3v) is 4.98. The normalized spacial score (nSPS) is 16.3. The van der Waals surface area contributed by atoms with Crippen LogP contribution in [-0.4, -0.2) is 31.6 Å². The Morgan fingerprint density at radius 3 is 2.48 bits per heavy atom. The zero-order valence-corrected chi connectivity index (χ0v) is 15.1. The first kappa shape index (κ1) is 17.3. The highest BCUT2D eigenvalue weighted by molar-refractivity contribution is 5.77. The van der Waals surface area contributed by atoms with Crippen LogP contribution in [-0.2, 0) is 17.6 Å². The number of aryl methyl sites for hydroxylation is 1. The highest BCUT2D eigenvalue weighted by Crippen LogP contribution is 2.38. The van der Waals surface area contributed by atoms with Crippen LogP contribution in [0.15, 0.2) is 42.5 Å². The summed E-state index contributed by atoms with van der Waals surface area (Å²) in [5.41, 5.74) is 3.58. The summed E-state index contributed by atoms with van der Waals surface area (Å²) < 4.78 is 10.8. The lowest BCUT2D eigenvalue weighted by molar-refractivity contribution is -0.133. The van der Waals surface area contributed by atoms with Gasteiger partial charge in [0.15, 0.2) is 11.5 Å². The van der Waals surface area contributed by atoms with Gasteiger partial charge in [0.05, 0.1) is 20.3 Å². The molecule has 1 unspecified atom stereocenters. The van der Waals surface area contributed by atoms with E-state index in [1.165, 1.54) is 11.1 Å². The Morgan fingerprint density at radius 1 is 1.12 bits per heavy atom. The molecule has 4 heteroatoms. The van der Waals surface area contributed by atoms with Crippen molar-refractivity contribution in [3.63, 3.8) is 0 Å². The van der Waals surface area contributed by atoms with Gasteiger partial charge in [0.2, 0.25) is 5.91 Å². The molecule has 3 rings (SSSR count). The molecule has 132 valence electrons. The Hall–Kier alpha value is -2.49. The van der Waals surface area contributed by atoms with Gasteiger partial charge in [-0.2, -0.15) is 0 Å². The topological polar surface area (TPSA) is 38.8 Å². The van der Waals surface area contributed by atoms with Gasteiger partial charge in [-0.1, -0.05) is 30.3 Å². The van der Waals surface area contributed by atoms with Crippen LogP contribution in [0.3, 0.4) is 0 Å². The van der Waals surface area contributed by atoms with Crippen molar-refractivity contribution in [3.05, 3.63) is 59.2 Å². The van der Waals surface area contributed by atoms with Crippen molar-refractivity contribution in [2.24, 2.45) is 0 Å². The predicted molar refractivity (Wildman–Crippen MR) is 98.1 cm³/mol. The molecule has 0 bridgehead atoms. The fourth-order valence-corrected chi connectivity index (χ4v) is 3.52. The first-order chi connectivity index (χ1) is 12.1. The molecule has 2 aromatic carbocycles. The number of amides is 1. The monoisotopic (exact) mass is 339 g/mol. The lowest BCUT2D eigenvalue weighted by Gasteiger charge is -2.36. The SMILES string of the molecule is COc1cc2c(cc1OC)C(C)N(C(=O)CCc1ccccc1)CC2. The number of ether oxygens (including phenoxy) is 2. The van der Waals surface area contributed by atoms with E-state index in [1.54, 1.807) is 14.2 Å². The Labute approximate surface area is 149 Å². The minimum Gasteiger partial charge on any atom is -0.493 e. The molecule has 1 aliphatic heterocycles. The highest BCUT2D eigenvalue weighted by Gasteiger charge is 2.28. The van der Waals surface area contributed by atoms with Crippen LogP contribution in [0, 0.1) is 0 Å². The van der Waals surface area contributed by atoms with Gasteiger partial charge in [-0.3, -0.25) is 4.79 Å². The van der Waals surface area contributed by atoms with Crippen molar-refractivity contribution in [2.45, 2.75) is 32.2 Å². The Balaban J connectivity index is 1.74. The number of carbonyl (C=O) groups is 1. The summed E-state index contributed by atoms with van der Waals surface area (Å²) in [7, 11) is 3.29. The van der Waals surface area contributed by atoms with Crippen LogP contribution in [0.4, 0.5) is 0 Å². The Kier molecular flexibility index (Phi) is 5.27. The quantitative estimate of drug-likeness (QED) is 0.832. The zero-order chi connectivity index (χ0) is 17.8. The number of benzene rings is 2. The summed E-state index contributed by atoms with van der Waals surface area (Å²) in [5, 5.41) is 0. The predicted octanol–water partition coefficient (Wildman–Crippen LogP) is 3.78. The molecule has 0 saturated heterocycles. The van der Waals surface area contributed by atoms with Gasteiger partial charge in [0.1, 0.15) is 0 Å². The fraction of sp³-hybridized carbons (Fsp3) is 0.381. The second kappa shape index (κ2) is 7.60. The third kappa shape index (κ3) is 3.63. The Morgan fingerprint density at radius 2 is 1.80 bits per heavy atom. The smallest absolute Gasteiger partial charge is 0.223 e. The van der Waals surface area contributed by atoms with Gasteiger partial charge in [-0.05, 0) is 48.6 Å². The van der Waals surface area contributed by atoms with E-state index in [9.17, 15) is 4.79 Å². The maximum Gasteiger partial charge on any atom is 0.223 e. The number of nitrogens with zero attached hydrogens (tertiary/aromatic N) is 1.